The Hall–Kier alpha value is -0.830. The topological polar surface area (TPSA) is 20.3 Å². The zero-order chi connectivity index (χ0) is 10.8. The Morgan fingerprint density at radius 3 is 3.13 bits per heavy atom. The number of carbonyl (C=O) groups is 1. The van der Waals surface area contributed by atoms with Gasteiger partial charge >= 0.3 is 0 Å². The molecule has 1 aromatic rings. The highest BCUT2D eigenvalue weighted by molar-refractivity contribution is 7.10. The molecular weight excluding hydrogens is 206 g/mol. The van der Waals surface area contributed by atoms with Gasteiger partial charge in [0.15, 0.2) is 0 Å². The van der Waals surface area contributed by atoms with E-state index in [9.17, 15) is 4.79 Å². The summed E-state index contributed by atoms with van der Waals surface area (Å²) in [5, 5.41) is 2.13. The third-order valence-corrected chi connectivity index (χ3v) is 3.77. The zero-order valence-electron chi connectivity index (χ0n) is 9.32. The molecular formula is C12H17NOS. The molecule has 2 nitrogen and oxygen atoms in total. The van der Waals surface area contributed by atoms with E-state index in [0.29, 0.717) is 18.2 Å². The molecule has 2 rings (SSSR count). The molecule has 1 amide bonds. The summed E-state index contributed by atoms with van der Waals surface area (Å²) in [6, 6.07) is 2.15. The van der Waals surface area contributed by atoms with Crippen LogP contribution in [0.15, 0.2) is 11.4 Å². The molecule has 0 N–H and O–H groups in total. The van der Waals surface area contributed by atoms with Gasteiger partial charge in [0, 0.05) is 24.4 Å². The molecule has 0 atom stereocenters. The van der Waals surface area contributed by atoms with Crippen LogP contribution in [0.1, 0.15) is 30.7 Å². The predicted octanol–water partition coefficient (Wildman–Crippen LogP) is 2.68. The van der Waals surface area contributed by atoms with E-state index in [0.717, 1.165) is 19.5 Å². The highest BCUT2D eigenvalue weighted by atomic mass is 32.1. The Labute approximate surface area is 94.9 Å². The van der Waals surface area contributed by atoms with Crippen LogP contribution in [0.5, 0.6) is 0 Å². The molecule has 1 aliphatic heterocycles. The van der Waals surface area contributed by atoms with Crippen molar-refractivity contribution in [3.8, 4) is 0 Å². The molecule has 82 valence electrons. The van der Waals surface area contributed by atoms with Gasteiger partial charge in [0.25, 0.3) is 0 Å². The summed E-state index contributed by atoms with van der Waals surface area (Å²) in [6.07, 6.45) is 1.72. The van der Waals surface area contributed by atoms with Crippen LogP contribution in [0.2, 0.25) is 0 Å². The van der Waals surface area contributed by atoms with Crippen LogP contribution in [0.4, 0.5) is 0 Å². The van der Waals surface area contributed by atoms with Gasteiger partial charge in [-0.1, -0.05) is 13.8 Å². The molecule has 0 saturated carbocycles. The molecule has 0 spiro atoms. The van der Waals surface area contributed by atoms with Gasteiger partial charge in [0.05, 0.1) is 0 Å². The van der Waals surface area contributed by atoms with Crippen LogP contribution < -0.4 is 0 Å². The van der Waals surface area contributed by atoms with Gasteiger partial charge in [-0.05, 0) is 29.3 Å². The van der Waals surface area contributed by atoms with E-state index < -0.39 is 0 Å². The van der Waals surface area contributed by atoms with Gasteiger partial charge in [-0.15, -0.1) is 11.3 Å². The number of carbonyl (C=O) groups excluding carboxylic acids is 1. The lowest BCUT2D eigenvalue weighted by molar-refractivity contribution is -0.132. The van der Waals surface area contributed by atoms with Crippen LogP contribution in [-0.4, -0.2) is 17.4 Å². The van der Waals surface area contributed by atoms with Crippen LogP contribution in [0.25, 0.3) is 0 Å². The van der Waals surface area contributed by atoms with Crippen molar-refractivity contribution in [1.29, 1.82) is 0 Å². The maximum atomic E-state index is 11.9. The van der Waals surface area contributed by atoms with E-state index in [1.165, 1.54) is 10.4 Å². The molecule has 0 bridgehead atoms. The van der Waals surface area contributed by atoms with Gasteiger partial charge in [-0.3, -0.25) is 4.79 Å². The number of amides is 1. The molecule has 0 aromatic carbocycles. The minimum absolute atomic E-state index is 0.307. The highest BCUT2D eigenvalue weighted by Crippen LogP contribution is 2.24. The Morgan fingerprint density at radius 1 is 1.60 bits per heavy atom. The summed E-state index contributed by atoms with van der Waals surface area (Å²) in [5.74, 6) is 0.767. The van der Waals surface area contributed by atoms with Crippen LogP contribution in [0.3, 0.4) is 0 Å². The number of rotatable bonds is 2. The number of nitrogens with zero attached hydrogens (tertiary/aromatic N) is 1. The molecule has 2 heterocycles. The van der Waals surface area contributed by atoms with Crippen LogP contribution in [-0.2, 0) is 17.8 Å². The number of thiophene rings is 1. The summed E-state index contributed by atoms with van der Waals surface area (Å²) >= 11 is 1.82. The van der Waals surface area contributed by atoms with Gasteiger partial charge in [0.2, 0.25) is 5.91 Å². The summed E-state index contributed by atoms with van der Waals surface area (Å²) in [6.45, 7) is 5.92. The number of hydrogen-bond donors (Lipinski definition) is 0. The lowest BCUT2D eigenvalue weighted by atomic mass is 10.1. The van der Waals surface area contributed by atoms with Gasteiger partial charge in [-0.2, -0.15) is 0 Å². The molecule has 1 aliphatic rings. The van der Waals surface area contributed by atoms with E-state index in [-0.39, 0.29) is 0 Å². The van der Waals surface area contributed by atoms with Gasteiger partial charge < -0.3 is 4.90 Å². The van der Waals surface area contributed by atoms with Crippen molar-refractivity contribution in [2.45, 2.75) is 33.2 Å². The Balaban J connectivity index is 2.00. The van der Waals surface area contributed by atoms with Gasteiger partial charge in [-0.25, -0.2) is 0 Å². The van der Waals surface area contributed by atoms with Crippen molar-refractivity contribution < 1.29 is 4.79 Å². The fourth-order valence-corrected chi connectivity index (χ4v) is 2.83. The molecule has 15 heavy (non-hydrogen) atoms. The minimum atomic E-state index is 0.307. The molecule has 0 saturated heterocycles. The lowest BCUT2D eigenvalue weighted by Crippen LogP contribution is -2.35. The lowest BCUT2D eigenvalue weighted by Gasteiger charge is -2.27. The fourth-order valence-electron chi connectivity index (χ4n) is 1.94. The van der Waals surface area contributed by atoms with Crippen LogP contribution >= 0.6 is 11.3 Å². The van der Waals surface area contributed by atoms with E-state index >= 15 is 0 Å². The van der Waals surface area contributed by atoms with Gasteiger partial charge in [0.1, 0.15) is 0 Å². The first-order chi connectivity index (χ1) is 7.16. The molecule has 0 radical (unpaired) electrons. The first-order valence-corrected chi connectivity index (χ1v) is 6.38. The number of hydrogen-bond acceptors (Lipinski definition) is 2. The molecule has 1 aromatic heterocycles. The minimum Gasteiger partial charge on any atom is -0.338 e. The normalized spacial score (nSPS) is 15.5. The summed E-state index contributed by atoms with van der Waals surface area (Å²) in [7, 11) is 0. The van der Waals surface area contributed by atoms with Crippen molar-refractivity contribution in [3.05, 3.63) is 21.9 Å². The summed E-state index contributed by atoms with van der Waals surface area (Å²) < 4.78 is 0. The standard InChI is InChI=1S/C12H17NOS/c1-9(2)7-12(14)13-5-3-11-10(8-13)4-6-15-11/h4,6,9H,3,5,7-8H2,1-2H3. The second-order valence-electron chi connectivity index (χ2n) is 4.53. The maximum Gasteiger partial charge on any atom is 0.223 e. The van der Waals surface area contributed by atoms with E-state index in [1.54, 1.807) is 0 Å². The fraction of sp³-hybridized carbons (Fsp3) is 0.583. The van der Waals surface area contributed by atoms with Crippen molar-refractivity contribution >= 4 is 17.2 Å². The monoisotopic (exact) mass is 223 g/mol. The largest absolute Gasteiger partial charge is 0.338 e. The van der Waals surface area contributed by atoms with Crippen molar-refractivity contribution in [3.63, 3.8) is 0 Å². The second-order valence-corrected chi connectivity index (χ2v) is 5.53. The average Bonchev–Trinajstić information content (AvgIpc) is 2.62. The zero-order valence-corrected chi connectivity index (χ0v) is 10.1. The number of fused-ring (bicyclic) bond motifs is 1. The quantitative estimate of drug-likeness (QED) is 0.755. The van der Waals surface area contributed by atoms with E-state index in [2.05, 4.69) is 25.3 Å². The summed E-state index contributed by atoms with van der Waals surface area (Å²) in [4.78, 5) is 15.3. The summed E-state index contributed by atoms with van der Waals surface area (Å²) in [5.41, 5.74) is 1.35. The smallest absolute Gasteiger partial charge is 0.223 e. The second kappa shape index (κ2) is 4.35. The first kappa shape index (κ1) is 10.7. The molecule has 3 heteroatoms. The molecule has 0 fully saturated rings. The highest BCUT2D eigenvalue weighted by Gasteiger charge is 2.21. The SMILES string of the molecule is CC(C)CC(=O)N1CCc2sccc2C1. The molecule has 0 unspecified atom stereocenters. The van der Waals surface area contributed by atoms with E-state index in [4.69, 9.17) is 0 Å². The van der Waals surface area contributed by atoms with Crippen LogP contribution in [0, 0.1) is 5.92 Å². The Bertz CT molecular complexity index is 356. The molecule has 0 aliphatic carbocycles. The maximum absolute atomic E-state index is 11.9. The van der Waals surface area contributed by atoms with Crippen molar-refractivity contribution in [2.75, 3.05) is 6.54 Å². The first-order valence-electron chi connectivity index (χ1n) is 5.50. The predicted molar refractivity (Wildman–Crippen MR) is 62.9 cm³/mol. The Morgan fingerprint density at radius 2 is 2.40 bits per heavy atom. The Kier molecular flexibility index (Phi) is 3.10. The average molecular weight is 223 g/mol. The third kappa shape index (κ3) is 2.40. The third-order valence-electron chi connectivity index (χ3n) is 2.74. The van der Waals surface area contributed by atoms with Crippen molar-refractivity contribution in [2.24, 2.45) is 5.92 Å². The van der Waals surface area contributed by atoms with Crippen molar-refractivity contribution in [1.82, 2.24) is 4.90 Å². The van der Waals surface area contributed by atoms with E-state index in [1.807, 2.05) is 16.2 Å².